The predicted octanol–water partition coefficient (Wildman–Crippen LogP) is 5.29. The molecule has 3 nitrogen and oxygen atoms in total. The Hall–Kier alpha value is -2.00. The Balaban J connectivity index is 1.69. The van der Waals surface area contributed by atoms with E-state index in [2.05, 4.69) is 24.3 Å². The number of benzene rings is 2. The average Bonchev–Trinajstić information content (AvgIpc) is 2.69. The second-order valence-corrected chi connectivity index (χ2v) is 8.23. The van der Waals surface area contributed by atoms with Crippen molar-refractivity contribution in [3.05, 3.63) is 58.7 Å². The van der Waals surface area contributed by atoms with E-state index in [-0.39, 0.29) is 0 Å². The first-order valence-electron chi connectivity index (χ1n) is 10.3. The van der Waals surface area contributed by atoms with Crippen LogP contribution < -0.4 is 0 Å². The molecule has 0 aromatic heterocycles. The lowest BCUT2D eigenvalue weighted by Crippen LogP contribution is -2.31. The lowest BCUT2D eigenvalue weighted by atomic mass is 9.61. The standard InChI is InChI=1S/C24H30O3/c1-27-12-4-5-17-13-18-14-22(16-8-10-19(25)11-9-16)20-6-2-3-7-21(20)23(18)15-24(17)26/h8-11,13,15,20-22,25-26H,2-7,12,14H2,1H3. The van der Waals surface area contributed by atoms with Gasteiger partial charge in [-0.25, -0.2) is 0 Å². The molecular formula is C24H30O3. The van der Waals surface area contributed by atoms with E-state index in [0.717, 1.165) is 31.4 Å². The lowest BCUT2D eigenvalue weighted by Gasteiger charge is -2.43. The van der Waals surface area contributed by atoms with Crippen LogP contribution in [0.4, 0.5) is 0 Å². The summed E-state index contributed by atoms with van der Waals surface area (Å²) in [5.74, 6) is 2.47. The summed E-state index contributed by atoms with van der Waals surface area (Å²) in [5, 5.41) is 20.3. The van der Waals surface area contributed by atoms with Crippen molar-refractivity contribution in [2.45, 2.75) is 56.8 Å². The Labute approximate surface area is 162 Å². The van der Waals surface area contributed by atoms with Gasteiger partial charge < -0.3 is 14.9 Å². The van der Waals surface area contributed by atoms with Crippen LogP contribution in [0.1, 0.15) is 66.2 Å². The molecule has 0 amide bonds. The van der Waals surface area contributed by atoms with Crippen LogP contribution in [0.25, 0.3) is 0 Å². The van der Waals surface area contributed by atoms with Crippen LogP contribution in [0.3, 0.4) is 0 Å². The van der Waals surface area contributed by atoms with Crippen molar-refractivity contribution < 1.29 is 14.9 Å². The molecular weight excluding hydrogens is 336 g/mol. The van der Waals surface area contributed by atoms with Crippen LogP contribution >= 0.6 is 0 Å². The van der Waals surface area contributed by atoms with Gasteiger partial charge in [0.05, 0.1) is 0 Å². The summed E-state index contributed by atoms with van der Waals surface area (Å²) in [6, 6.07) is 12.1. The number of phenolic OH excluding ortho intramolecular Hbond substituents is 2. The molecule has 144 valence electrons. The quantitative estimate of drug-likeness (QED) is 0.707. The summed E-state index contributed by atoms with van der Waals surface area (Å²) in [6.07, 6.45) is 7.85. The van der Waals surface area contributed by atoms with Crippen molar-refractivity contribution >= 4 is 0 Å². The number of hydrogen-bond donors (Lipinski definition) is 2. The molecule has 27 heavy (non-hydrogen) atoms. The van der Waals surface area contributed by atoms with Gasteiger partial charge in [0.2, 0.25) is 0 Å². The normalized spacial score (nSPS) is 24.3. The maximum Gasteiger partial charge on any atom is 0.119 e. The van der Waals surface area contributed by atoms with Gasteiger partial charge in [-0.2, -0.15) is 0 Å². The van der Waals surface area contributed by atoms with E-state index in [9.17, 15) is 10.2 Å². The highest BCUT2D eigenvalue weighted by molar-refractivity contribution is 5.47. The topological polar surface area (TPSA) is 49.7 Å². The Bertz CT molecular complexity index is 781. The van der Waals surface area contributed by atoms with E-state index < -0.39 is 0 Å². The highest BCUT2D eigenvalue weighted by atomic mass is 16.5. The first-order chi connectivity index (χ1) is 13.2. The van der Waals surface area contributed by atoms with Crippen LogP contribution in [0.2, 0.25) is 0 Å². The van der Waals surface area contributed by atoms with Gasteiger partial charge in [0.25, 0.3) is 0 Å². The molecule has 3 heteroatoms. The van der Waals surface area contributed by atoms with Gasteiger partial charge in [0.1, 0.15) is 11.5 Å². The summed E-state index contributed by atoms with van der Waals surface area (Å²) < 4.78 is 5.17. The molecule has 2 aromatic rings. The average molecular weight is 367 g/mol. The number of rotatable bonds is 5. The van der Waals surface area contributed by atoms with Crippen molar-refractivity contribution in [2.75, 3.05) is 13.7 Å². The number of aromatic hydroxyl groups is 2. The highest BCUT2D eigenvalue weighted by Gasteiger charge is 2.39. The van der Waals surface area contributed by atoms with Crippen LogP contribution in [0.15, 0.2) is 36.4 Å². The van der Waals surface area contributed by atoms with Crippen molar-refractivity contribution in [2.24, 2.45) is 5.92 Å². The molecule has 0 spiro atoms. The maximum atomic E-state index is 10.6. The van der Waals surface area contributed by atoms with Crippen LogP contribution in [-0.4, -0.2) is 23.9 Å². The van der Waals surface area contributed by atoms with E-state index in [4.69, 9.17) is 4.74 Å². The Morgan fingerprint density at radius 1 is 1.00 bits per heavy atom. The van der Waals surface area contributed by atoms with Gasteiger partial charge in [-0.05, 0) is 90.3 Å². The summed E-state index contributed by atoms with van der Waals surface area (Å²) in [6.45, 7) is 0.720. The summed E-state index contributed by atoms with van der Waals surface area (Å²) in [4.78, 5) is 0. The number of methoxy groups -OCH3 is 1. The van der Waals surface area contributed by atoms with E-state index in [1.54, 1.807) is 7.11 Å². The van der Waals surface area contributed by atoms with Crippen LogP contribution in [0.5, 0.6) is 11.5 Å². The second-order valence-electron chi connectivity index (χ2n) is 8.23. The molecule has 4 rings (SSSR count). The Morgan fingerprint density at radius 2 is 1.78 bits per heavy atom. The van der Waals surface area contributed by atoms with Gasteiger partial charge in [-0.3, -0.25) is 0 Å². The summed E-state index contributed by atoms with van der Waals surface area (Å²) >= 11 is 0. The van der Waals surface area contributed by atoms with Crippen molar-refractivity contribution in [3.8, 4) is 11.5 Å². The van der Waals surface area contributed by atoms with E-state index in [1.165, 1.54) is 42.4 Å². The smallest absolute Gasteiger partial charge is 0.119 e. The SMILES string of the molecule is COCCCc1cc2c(cc1O)C1CCCCC1C(c1ccc(O)cc1)C2. The third-order valence-corrected chi connectivity index (χ3v) is 6.63. The summed E-state index contributed by atoms with van der Waals surface area (Å²) in [7, 11) is 1.72. The van der Waals surface area contributed by atoms with Crippen molar-refractivity contribution in [3.63, 3.8) is 0 Å². The number of aryl methyl sites for hydroxylation is 1. The van der Waals surface area contributed by atoms with Crippen LogP contribution in [0, 0.1) is 5.92 Å². The van der Waals surface area contributed by atoms with E-state index >= 15 is 0 Å². The minimum atomic E-state index is 0.334. The molecule has 3 atom stereocenters. The third-order valence-electron chi connectivity index (χ3n) is 6.63. The van der Waals surface area contributed by atoms with E-state index in [0.29, 0.717) is 29.3 Å². The fraction of sp³-hybridized carbons (Fsp3) is 0.500. The van der Waals surface area contributed by atoms with E-state index in [1.807, 2.05) is 12.1 Å². The van der Waals surface area contributed by atoms with Crippen LogP contribution in [-0.2, 0) is 17.6 Å². The number of phenols is 2. The molecule has 1 saturated carbocycles. The van der Waals surface area contributed by atoms with Gasteiger partial charge in [0.15, 0.2) is 0 Å². The predicted molar refractivity (Wildman–Crippen MR) is 108 cm³/mol. The minimum absolute atomic E-state index is 0.334. The molecule has 2 aliphatic rings. The number of hydrogen-bond acceptors (Lipinski definition) is 3. The molecule has 0 saturated heterocycles. The molecule has 1 fully saturated rings. The van der Waals surface area contributed by atoms with Gasteiger partial charge in [0, 0.05) is 13.7 Å². The van der Waals surface area contributed by atoms with Gasteiger partial charge in [-0.1, -0.05) is 31.0 Å². The van der Waals surface area contributed by atoms with Crippen molar-refractivity contribution in [1.29, 1.82) is 0 Å². The fourth-order valence-corrected chi connectivity index (χ4v) is 5.33. The molecule has 0 heterocycles. The molecule has 2 aliphatic carbocycles. The molecule has 2 aromatic carbocycles. The second kappa shape index (κ2) is 7.93. The highest BCUT2D eigenvalue weighted by Crippen LogP contribution is 2.52. The zero-order valence-electron chi connectivity index (χ0n) is 16.2. The molecule has 0 bridgehead atoms. The molecule has 0 radical (unpaired) electrons. The minimum Gasteiger partial charge on any atom is -0.508 e. The summed E-state index contributed by atoms with van der Waals surface area (Å²) in [5.41, 5.74) is 5.16. The monoisotopic (exact) mass is 366 g/mol. The first-order valence-corrected chi connectivity index (χ1v) is 10.3. The van der Waals surface area contributed by atoms with Crippen molar-refractivity contribution in [1.82, 2.24) is 0 Å². The van der Waals surface area contributed by atoms with Gasteiger partial charge in [-0.15, -0.1) is 0 Å². The molecule has 2 N–H and O–H groups in total. The molecule has 3 unspecified atom stereocenters. The largest absolute Gasteiger partial charge is 0.508 e. The number of fused-ring (bicyclic) bond motifs is 3. The first kappa shape index (κ1) is 18.4. The molecule has 0 aliphatic heterocycles. The Kier molecular flexibility index (Phi) is 5.40. The number of ether oxygens (including phenoxy) is 1. The Morgan fingerprint density at radius 3 is 2.56 bits per heavy atom. The maximum absolute atomic E-state index is 10.6. The lowest BCUT2D eigenvalue weighted by molar-refractivity contribution is 0.195. The zero-order chi connectivity index (χ0) is 18.8. The third kappa shape index (κ3) is 3.70. The van der Waals surface area contributed by atoms with Gasteiger partial charge >= 0.3 is 0 Å². The zero-order valence-corrected chi connectivity index (χ0v) is 16.2. The fourth-order valence-electron chi connectivity index (χ4n) is 5.33.